The SMILES string of the molecule is Cc1ccc(CCC(=O)N2CCNC[C@@H]2C)cc1.Cl. The third-order valence-electron chi connectivity index (χ3n) is 3.57. The van der Waals surface area contributed by atoms with Crippen LogP contribution in [0.25, 0.3) is 0 Å². The van der Waals surface area contributed by atoms with Gasteiger partial charge in [0.15, 0.2) is 0 Å². The van der Waals surface area contributed by atoms with Crippen LogP contribution >= 0.6 is 12.4 Å². The molecule has 1 heterocycles. The van der Waals surface area contributed by atoms with Crippen molar-refractivity contribution in [3.63, 3.8) is 0 Å². The van der Waals surface area contributed by atoms with E-state index in [-0.39, 0.29) is 18.3 Å². The number of hydrogen-bond donors (Lipinski definition) is 1. The fourth-order valence-electron chi connectivity index (χ4n) is 2.36. The van der Waals surface area contributed by atoms with E-state index in [1.807, 2.05) is 4.90 Å². The highest BCUT2D eigenvalue weighted by atomic mass is 35.5. The molecule has 1 aliphatic rings. The highest BCUT2D eigenvalue weighted by Gasteiger charge is 2.22. The van der Waals surface area contributed by atoms with Crippen molar-refractivity contribution in [2.75, 3.05) is 19.6 Å². The van der Waals surface area contributed by atoms with E-state index in [0.717, 1.165) is 26.1 Å². The maximum Gasteiger partial charge on any atom is 0.223 e. The molecule has 0 unspecified atom stereocenters. The lowest BCUT2D eigenvalue weighted by molar-refractivity contribution is -0.133. The van der Waals surface area contributed by atoms with Crippen LogP contribution in [0.5, 0.6) is 0 Å². The van der Waals surface area contributed by atoms with Gasteiger partial charge in [-0.25, -0.2) is 0 Å². The van der Waals surface area contributed by atoms with Crippen molar-refractivity contribution < 1.29 is 4.79 Å². The molecule has 1 aromatic rings. The zero-order valence-electron chi connectivity index (χ0n) is 11.7. The molecule has 1 aliphatic heterocycles. The minimum absolute atomic E-state index is 0. The van der Waals surface area contributed by atoms with Crippen molar-refractivity contribution in [2.45, 2.75) is 32.7 Å². The highest BCUT2D eigenvalue weighted by Crippen LogP contribution is 2.10. The average molecular weight is 283 g/mol. The van der Waals surface area contributed by atoms with Gasteiger partial charge in [0, 0.05) is 32.1 Å². The van der Waals surface area contributed by atoms with Crippen LogP contribution in [0, 0.1) is 6.92 Å². The Hall–Kier alpha value is -1.06. The van der Waals surface area contributed by atoms with Gasteiger partial charge in [-0.05, 0) is 25.8 Å². The number of aryl methyl sites for hydroxylation is 2. The van der Waals surface area contributed by atoms with Gasteiger partial charge in [0.1, 0.15) is 0 Å². The Morgan fingerprint density at radius 3 is 2.68 bits per heavy atom. The number of rotatable bonds is 3. The molecule has 0 aliphatic carbocycles. The summed E-state index contributed by atoms with van der Waals surface area (Å²) in [6.45, 7) is 6.86. The zero-order valence-corrected chi connectivity index (χ0v) is 12.5. The maximum absolute atomic E-state index is 12.1. The van der Waals surface area contributed by atoms with E-state index in [1.54, 1.807) is 0 Å². The van der Waals surface area contributed by atoms with Gasteiger partial charge in [-0.2, -0.15) is 0 Å². The summed E-state index contributed by atoms with van der Waals surface area (Å²) in [4.78, 5) is 14.2. The van der Waals surface area contributed by atoms with Gasteiger partial charge in [-0.15, -0.1) is 12.4 Å². The molecule has 4 heteroatoms. The molecule has 0 aromatic heterocycles. The van der Waals surface area contributed by atoms with Crippen LogP contribution in [0.4, 0.5) is 0 Å². The molecule has 1 fully saturated rings. The number of benzene rings is 1. The fraction of sp³-hybridized carbons (Fsp3) is 0.533. The number of hydrogen-bond acceptors (Lipinski definition) is 2. The van der Waals surface area contributed by atoms with Gasteiger partial charge in [-0.1, -0.05) is 29.8 Å². The normalized spacial score (nSPS) is 18.8. The second-order valence-electron chi connectivity index (χ2n) is 5.13. The molecule has 1 atom stereocenters. The van der Waals surface area contributed by atoms with Gasteiger partial charge < -0.3 is 10.2 Å². The zero-order chi connectivity index (χ0) is 13.0. The number of carbonyl (C=O) groups excluding carboxylic acids is 1. The number of nitrogens with zero attached hydrogens (tertiary/aromatic N) is 1. The lowest BCUT2D eigenvalue weighted by Gasteiger charge is -2.34. The van der Waals surface area contributed by atoms with Gasteiger partial charge in [0.2, 0.25) is 5.91 Å². The van der Waals surface area contributed by atoms with Crippen molar-refractivity contribution in [3.8, 4) is 0 Å². The van der Waals surface area contributed by atoms with Crippen LogP contribution < -0.4 is 5.32 Å². The second-order valence-corrected chi connectivity index (χ2v) is 5.13. The first-order valence-electron chi connectivity index (χ1n) is 6.72. The van der Waals surface area contributed by atoms with Crippen LogP contribution in [-0.2, 0) is 11.2 Å². The number of amides is 1. The van der Waals surface area contributed by atoms with Gasteiger partial charge in [0.05, 0.1) is 0 Å². The third-order valence-corrected chi connectivity index (χ3v) is 3.57. The Labute approximate surface area is 121 Å². The minimum atomic E-state index is 0. The molecule has 19 heavy (non-hydrogen) atoms. The number of nitrogens with one attached hydrogen (secondary N) is 1. The van der Waals surface area contributed by atoms with Crippen LogP contribution in [0.2, 0.25) is 0 Å². The summed E-state index contributed by atoms with van der Waals surface area (Å²) >= 11 is 0. The van der Waals surface area contributed by atoms with E-state index in [1.165, 1.54) is 11.1 Å². The largest absolute Gasteiger partial charge is 0.337 e. The van der Waals surface area contributed by atoms with Crippen molar-refractivity contribution in [1.82, 2.24) is 10.2 Å². The second kappa shape index (κ2) is 7.51. The smallest absolute Gasteiger partial charge is 0.223 e. The van der Waals surface area contributed by atoms with E-state index in [9.17, 15) is 4.79 Å². The van der Waals surface area contributed by atoms with E-state index in [2.05, 4.69) is 43.4 Å². The van der Waals surface area contributed by atoms with Crippen LogP contribution in [0.1, 0.15) is 24.5 Å². The first-order chi connectivity index (χ1) is 8.66. The standard InChI is InChI=1S/C15H22N2O.ClH/c1-12-3-5-14(6-4-12)7-8-15(18)17-10-9-16-11-13(17)2;/h3-6,13,16H,7-11H2,1-2H3;1H/t13-;/m0./s1. The molecular weight excluding hydrogens is 260 g/mol. The first kappa shape index (κ1) is 16.0. The summed E-state index contributed by atoms with van der Waals surface area (Å²) in [7, 11) is 0. The summed E-state index contributed by atoms with van der Waals surface area (Å²) in [6.07, 6.45) is 1.46. The molecule has 0 radical (unpaired) electrons. The fourth-order valence-corrected chi connectivity index (χ4v) is 2.36. The van der Waals surface area contributed by atoms with E-state index >= 15 is 0 Å². The molecular formula is C15H23ClN2O. The quantitative estimate of drug-likeness (QED) is 0.922. The highest BCUT2D eigenvalue weighted by molar-refractivity contribution is 5.85. The maximum atomic E-state index is 12.1. The first-order valence-corrected chi connectivity index (χ1v) is 6.72. The van der Waals surface area contributed by atoms with Crippen LogP contribution in [0.3, 0.4) is 0 Å². The molecule has 2 rings (SSSR count). The lowest BCUT2D eigenvalue weighted by atomic mass is 10.1. The van der Waals surface area contributed by atoms with Gasteiger partial charge >= 0.3 is 0 Å². The average Bonchev–Trinajstić information content (AvgIpc) is 2.38. The molecule has 3 nitrogen and oxygen atoms in total. The summed E-state index contributed by atoms with van der Waals surface area (Å²) in [5.74, 6) is 0.282. The number of carbonyl (C=O) groups is 1. The molecule has 1 N–H and O–H groups in total. The van der Waals surface area contributed by atoms with Crippen molar-refractivity contribution in [1.29, 1.82) is 0 Å². The van der Waals surface area contributed by atoms with E-state index < -0.39 is 0 Å². The summed E-state index contributed by atoms with van der Waals surface area (Å²) in [5.41, 5.74) is 2.51. The van der Waals surface area contributed by atoms with Crippen LogP contribution in [-0.4, -0.2) is 36.5 Å². The molecule has 1 saturated heterocycles. The Morgan fingerprint density at radius 2 is 2.05 bits per heavy atom. The van der Waals surface area contributed by atoms with E-state index in [0.29, 0.717) is 12.5 Å². The Balaban J connectivity index is 0.00000180. The third kappa shape index (κ3) is 4.51. The lowest BCUT2D eigenvalue weighted by Crippen LogP contribution is -2.52. The van der Waals surface area contributed by atoms with E-state index in [4.69, 9.17) is 0 Å². The van der Waals surface area contributed by atoms with Gasteiger partial charge in [0.25, 0.3) is 0 Å². The Morgan fingerprint density at radius 1 is 1.37 bits per heavy atom. The molecule has 0 spiro atoms. The minimum Gasteiger partial charge on any atom is -0.337 e. The predicted octanol–water partition coefficient (Wildman–Crippen LogP) is 2.17. The molecule has 1 aromatic carbocycles. The molecule has 0 saturated carbocycles. The van der Waals surface area contributed by atoms with Crippen LogP contribution in [0.15, 0.2) is 24.3 Å². The summed E-state index contributed by atoms with van der Waals surface area (Å²) in [6, 6.07) is 8.76. The molecule has 1 amide bonds. The number of halogens is 1. The summed E-state index contributed by atoms with van der Waals surface area (Å²) < 4.78 is 0. The molecule has 0 bridgehead atoms. The monoisotopic (exact) mass is 282 g/mol. The van der Waals surface area contributed by atoms with Gasteiger partial charge in [-0.3, -0.25) is 4.79 Å². The van der Waals surface area contributed by atoms with Crippen molar-refractivity contribution in [2.24, 2.45) is 0 Å². The number of piperazine rings is 1. The Kier molecular flexibility index (Phi) is 6.32. The Bertz CT molecular complexity index is 405. The topological polar surface area (TPSA) is 32.3 Å². The molecule has 106 valence electrons. The van der Waals surface area contributed by atoms with Crippen molar-refractivity contribution >= 4 is 18.3 Å². The summed E-state index contributed by atoms with van der Waals surface area (Å²) in [5, 5.41) is 3.31. The predicted molar refractivity (Wildman–Crippen MR) is 80.8 cm³/mol. The van der Waals surface area contributed by atoms with Crippen molar-refractivity contribution in [3.05, 3.63) is 35.4 Å².